The van der Waals surface area contributed by atoms with E-state index >= 15 is 0 Å². The molecule has 0 radical (unpaired) electrons. The van der Waals surface area contributed by atoms with E-state index in [-0.39, 0.29) is 12.0 Å². The first kappa shape index (κ1) is 16.7. The predicted molar refractivity (Wildman–Crippen MR) is 71.5 cm³/mol. The molecule has 3 N–H and O–H groups in total. The van der Waals surface area contributed by atoms with Crippen molar-refractivity contribution in [1.29, 1.82) is 0 Å². The quantitative estimate of drug-likeness (QED) is 0.585. The molecule has 0 aliphatic carbocycles. The number of carbonyl (C=O) groups excluding carboxylic acids is 1. The van der Waals surface area contributed by atoms with Gasteiger partial charge in [0.2, 0.25) is 0 Å². The van der Waals surface area contributed by atoms with Gasteiger partial charge >= 0.3 is 12.0 Å². The SMILES string of the molecule is CCCCC[C@H](C)NC(=O)N[C@@H](C(=O)O)C(C)C. The first-order chi connectivity index (χ1) is 8.38. The first-order valence-corrected chi connectivity index (χ1v) is 6.68. The minimum absolute atomic E-state index is 0.0677. The summed E-state index contributed by atoms with van der Waals surface area (Å²) in [6.45, 7) is 7.60. The first-order valence-electron chi connectivity index (χ1n) is 6.68. The Morgan fingerprint density at radius 2 is 1.72 bits per heavy atom. The Bertz CT molecular complexity index is 267. The van der Waals surface area contributed by atoms with Gasteiger partial charge in [0.05, 0.1) is 0 Å². The average Bonchev–Trinajstić information content (AvgIpc) is 2.25. The molecule has 0 saturated carbocycles. The molecule has 0 rings (SSSR count). The molecule has 0 spiro atoms. The topological polar surface area (TPSA) is 78.4 Å². The highest BCUT2D eigenvalue weighted by molar-refractivity contribution is 5.82. The normalized spacial score (nSPS) is 14.1. The van der Waals surface area contributed by atoms with E-state index in [1.807, 2.05) is 6.92 Å². The summed E-state index contributed by atoms with van der Waals surface area (Å²) >= 11 is 0. The van der Waals surface area contributed by atoms with Gasteiger partial charge in [0.25, 0.3) is 0 Å². The Morgan fingerprint density at radius 1 is 1.11 bits per heavy atom. The van der Waals surface area contributed by atoms with Gasteiger partial charge in [-0.25, -0.2) is 9.59 Å². The number of rotatable bonds is 8. The van der Waals surface area contributed by atoms with Crippen LogP contribution in [0.25, 0.3) is 0 Å². The molecule has 0 unspecified atom stereocenters. The molecule has 0 fully saturated rings. The zero-order valence-corrected chi connectivity index (χ0v) is 11.8. The summed E-state index contributed by atoms with van der Waals surface area (Å²) in [4.78, 5) is 22.6. The average molecular weight is 258 g/mol. The summed E-state index contributed by atoms with van der Waals surface area (Å²) in [5.74, 6) is -1.14. The van der Waals surface area contributed by atoms with Crippen molar-refractivity contribution in [3.05, 3.63) is 0 Å². The van der Waals surface area contributed by atoms with Crippen molar-refractivity contribution in [1.82, 2.24) is 10.6 Å². The van der Waals surface area contributed by atoms with Crippen molar-refractivity contribution in [3.8, 4) is 0 Å². The van der Waals surface area contributed by atoms with E-state index in [4.69, 9.17) is 5.11 Å². The third-order valence-electron chi connectivity index (χ3n) is 2.84. The Hall–Kier alpha value is -1.26. The molecule has 0 aliphatic heterocycles. The van der Waals surface area contributed by atoms with Gasteiger partial charge in [0.1, 0.15) is 6.04 Å². The van der Waals surface area contributed by atoms with E-state index in [9.17, 15) is 9.59 Å². The van der Waals surface area contributed by atoms with Crippen LogP contribution >= 0.6 is 0 Å². The van der Waals surface area contributed by atoms with E-state index < -0.39 is 18.0 Å². The number of unbranched alkanes of at least 4 members (excludes halogenated alkanes) is 2. The largest absolute Gasteiger partial charge is 0.480 e. The molecule has 0 saturated heterocycles. The second-order valence-electron chi connectivity index (χ2n) is 5.07. The van der Waals surface area contributed by atoms with E-state index in [0.29, 0.717) is 0 Å². The molecule has 106 valence electrons. The number of carbonyl (C=O) groups is 2. The Morgan fingerprint density at radius 3 is 2.17 bits per heavy atom. The molecular formula is C13H26N2O3. The van der Waals surface area contributed by atoms with Crippen LogP contribution in [0.1, 0.15) is 53.4 Å². The third kappa shape index (κ3) is 7.14. The van der Waals surface area contributed by atoms with Crippen molar-refractivity contribution >= 4 is 12.0 Å². The van der Waals surface area contributed by atoms with Crippen LogP contribution in [0.15, 0.2) is 0 Å². The molecule has 0 aromatic rings. The molecule has 0 aliphatic rings. The van der Waals surface area contributed by atoms with Crippen LogP contribution < -0.4 is 10.6 Å². The maximum Gasteiger partial charge on any atom is 0.326 e. The zero-order valence-electron chi connectivity index (χ0n) is 11.8. The van der Waals surface area contributed by atoms with Crippen molar-refractivity contribution < 1.29 is 14.7 Å². The third-order valence-corrected chi connectivity index (χ3v) is 2.84. The number of carboxylic acid groups (broad SMARTS) is 1. The van der Waals surface area contributed by atoms with Crippen LogP contribution in [0.2, 0.25) is 0 Å². The van der Waals surface area contributed by atoms with Gasteiger partial charge in [-0.15, -0.1) is 0 Å². The fraction of sp³-hybridized carbons (Fsp3) is 0.846. The summed E-state index contributed by atoms with van der Waals surface area (Å²) in [6.07, 6.45) is 4.29. The predicted octanol–water partition coefficient (Wildman–Crippen LogP) is 2.36. The van der Waals surface area contributed by atoms with Crippen LogP contribution in [-0.2, 0) is 4.79 Å². The van der Waals surface area contributed by atoms with Crippen LogP contribution in [0.4, 0.5) is 4.79 Å². The van der Waals surface area contributed by atoms with E-state index in [1.54, 1.807) is 13.8 Å². The number of urea groups is 1. The van der Waals surface area contributed by atoms with Crippen molar-refractivity contribution in [3.63, 3.8) is 0 Å². The fourth-order valence-corrected chi connectivity index (χ4v) is 1.69. The highest BCUT2D eigenvalue weighted by atomic mass is 16.4. The second kappa shape index (κ2) is 8.78. The maximum atomic E-state index is 11.6. The van der Waals surface area contributed by atoms with Gasteiger partial charge in [0, 0.05) is 6.04 Å². The van der Waals surface area contributed by atoms with Crippen molar-refractivity contribution in [2.24, 2.45) is 5.92 Å². The van der Waals surface area contributed by atoms with Crippen LogP contribution in [0.3, 0.4) is 0 Å². The standard InChI is InChI=1S/C13H26N2O3/c1-5-6-7-8-10(4)14-13(18)15-11(9(2)3)12(16)17/h9-11H,5-8H2,1-4H3,(H,16,17)(H2,14,15,18)/t10-,11+/m0/s1. The van der Waals surface area contributed by atoms with Gasteiger partial charge in [-0.05, 0) is 19.3 Å². The maximum absolute atomic E-state index is 11.6. The number of nitrogens with one attached hydrogen (secondary N) is 2. The summed E-state index contributed by atoms with van der Waals surface area (Å²) in [5, 5.41) is 14.2. The minimum atomic E-state index is -1.00. The molecule has 0 aromatic heterocycles. The molecule has 0 heterocycles. The fourth-order valence-electron chi connectivity index (χ4n) is 1.69. The lowest BCUT2D eigenvalue weighted by Gasteiger charge is -2.20. The molecule has 2 atom stereocenters. The lowest BCUT2D eigenvalue weighted by atomic mass is 10.1. The van der Waals surface area contributed by atoms with E-state index in [0.717, 1.165) is 25.7 Å². The number of hydrogen-bond donors (Lipinski definition) is 3. The Labute approximate surface area is 109 Å². The highest BCUT2D eigenvalue weighted by Gasteiger charge is 2.23. The molecular weight excluding hydrogens is 232 g/mol. The molecule has 18 heavy (non-hydrogen) atoms. The minimum Gasteiger partial charge on any atom is -0.480 e. The Kier molecular flexibility index (Phi) is 8.16. The molecule has 0 bridgehead atoms. The summed E-state index contributed by atoms with van der Waals surface area (Å²) < 4.78 is 0. The summed E-state index contributed by atoms with van der Waals surface area (Å²) in [7, 11) is 0. The molecule has 2 amide bonds. The van der Waals surface area contributed by atoms with Gasteiger partial charge in [-0.1, -0.05) is 40.0 Å². The van der Waals surface area contributed by atoms with Crippen molar-refractivity contribution in [2.45, 2.75) is 65.5 Å². The summed E-state index contributed by atoms with van der Waals surface area (Å²) in [5.41, 5.74) is 0. The number of aliphatic carboxylic acids is 1. The van der Waals surface area contributed by atoms with Crippen LogP contribution in [0.5, 0.6) is 0 Å². The highest BCUT2D eigenvalue weighted by Crippen LogP contribution is 2.04. The van der Waals surface area contributed by atoms with Crippen molar-refractivity contribution in [2.75, 3.05) is 0 Å². The Balaban J connectivity index is 4.04. The summed E-state index contributed by atoms with van der Waals surface area (Å²) in [6, 6.07) is -1.17. The van der Waals surface area contributed by atoms with Crippen LogP contribution in [-0.4, -0.2) is 29.2 Å². The monoisotopic (exact) mass is 258 g/mol. The van der Waals surface area contributed by atoms with Crippen LogP contribution in [0, 0.1) is 5.92 Å². The van der Waals surface area contributed by atoms with Gasteiger partial charge in [0.15, 0.2) is 0 Å². The molecule has 0 aromatic carbocycles. The van der Waals surface area contributed by atoms with Gasteiger partial charge in [-0.3, -0.25) is 0 Å². The number of carboxylic acids is 1. The molecule has 5 nitrogen and oxygen atoms in total. The van der Waals surface area contributed by atoms with E-state index in [1.165, 1.54) is 0 Å². The van der Waals surface area contributed by atoms with Gasteiger partial charge in [-0.2, -0.15) is 0 Å². The number of hydrogen-bond acceptors (Lipinski definition) is 2. The smallest absolute Gasteiger partial charge is 0.326 e. The second-order valence-corrected chi connectivity index (χ2v) is 5.07. The van der Waals surface area contributed by atoms with E-state index in [2.05, 4.69) is 17.6 Å². The zero-order chi connectivity index (χ0) is 14.1. The lowest BCUT2D eigenvalue weighted by molar-refractivity contribution is -0.140. The lowest BCUT2D eigenvalue weighted by Crippen LogP contribution is -2.50. The number of amides is 2. The molecule has 5 heteroatoms. The van der Waals surface area contributed by atoms with Gasteiger partial charge < -0.3 is 15.7 Å².